The molecule has 0 aromatic heterocycles. The Morgan fingerprint density at radius 2 is 1.97 bits per heavy atom. The van der Waals surface area contributed by atoms with Gasteiger partial charge in [-0.25, -0.2) is 4.79 Å². The van der Waals surface area contributed by atoms with E-state index in [9.17, 15) is 9.90 Å². The van der Waals surface area contributed by atoms with Crippen LogP contribution in [0.3, 0.4) is 0 Å². The minimum atomic E-state index is -0.775. The van der Waals surface area contributed by atoms with Gasteiger partial charge >= 0.3 is 6.16 Å². The standard InChI is InChI=1S/C22H24ClNO6/c1-4-29-22(26)30-21-15-11-24-6-5-12-7-19(27-2)18(25)9-13(12)17(24)8-14(15)16(23)10-20(21)28-3/h7,9-10,17,25H,4-6,8,11H2,1-3H3. The van der Waals surface area contributed by atoms with E-state index in [1.165, 1.54) is 7.11 Å². The molecular weight excluding hydrogens is 410 g/mol. The van der Waals surface area contributed by atoms with Crippen LogP contribution in [-0.4, -0.2) is 43.5 Å². The van der Waals surface area contributed by atoms with E-state index >= 15 is 0 Å². The predicted octanol–water partition coefficient (Wildman–Crippen LogP) is 4.25. The number of carbonyl (C=O) groups excluding carboxylic acids is 1. The van der Waals surface area contributed by atoms with Gasteiger partial charge in [0.05, 0.1) is 20.8 Å². The van der Waals surface area contributed by atoms with Crippen LogP contribution in [0.5, 0.6) is 23.0 Å². The van der Waals surface area contributed by atoms with E-state index in [1.807, 2.05) is 6.07 Å². The number of phenols is 1. The summed E-state index contributed by atoms with van der Waals surface area (Å²) in [5.74, 6) is 1.34. The minimum Gasteiger partial charge on any atom is -0.504 e. The number of phenolic OH excluding ortho intramolecular Hbond substituents is 1. The Balaban J connectivity index is 1.76. The van der Waals surface area contributed by atoms with Gasteiger partial charge in [-0.1, -0.05) is 11.6 Å². The van der Waals surface area contributed by atoms with Crippen molar-refractivity contribution in [2.45, 2.75) is 32.4 Å². The Hall–Kier alpha value is -2.64. The molecule has 0 bridgehead atoms. The Kier molecular flexibility index (Phi) is 5.66. The van der Waals surface area contributed by atoms with Crippen molar-refractivity contribution in [3.05, 3.63) is 45.5 Å². The molecule has 1 atom stereocenters. The number of nitrogens with zero attached hydrogens (tertiary/aromatic N) is 1. The largest absolute Gasteiger partial charge is 0.513 e. The third-order valence-electron chi connectivity index (χ3n) is 5.74. The zero-order valence-electron chi connectivity index (χ0n) is 17.2. The SMILES string of the molecule is CCOC(=O)Oc1c(OC)cc(Cl)c2c1CN1CCc3cc(OC)c(O)cc3C1C2. The molecule has 2 aromatic rings. The number of fused-ring (bicyclic) bond motifs is 4. The Morgan fingerprint density at radius 1 is 1.20 bits per heavy atom. The summed E-state index contributed by atoms with van der Waals surface area (Å²) in [7, 11) is 3.06. The van der Waals surface area contributed by atoms with Gasteiger partial charge in [0.15, 0.2) is 23.0 Å². The van der Waals surface area contributed by atoms with Gasteiger partial charge in [-0.3, -0.25) is 4.90 Å². The summed E-state index contributed by atoms with van der Waals surface area (Å²) in [5.41, 5.74) is 3.94. The van der Waals surface area contributed by atoms with Crippen molar-refractivity contribution in [1.29, 1.82) is 0 Å². The molecule has 2 aliphatic heterocycles. The van der Waals surface area contributed by atoms with Gasteiger partial charge < -0.3 is 24.1 Å². The molecule has 1 unspecified atom stereocenters. The highest BCUT2D eigenvalue weighted by atomic mass is 35.5. The fraction of sp³-hybridized carbons (Fsp3) is 0.409. The smallest absolute Gasteiger partial charge is 0.504 e. The zero-order valence-corrected chi connectivity index (χ0v) is 17.9. The van der Waals surface area contributed by atoms with Crippen LogP contribution >= 0.6 is 11.6 Å². The lowest BCUT2D eigenvalue weighted by Crippen LogP contribution is -2.39. The molecule has 0 saturated heterocycles. The zero-order chi connectivity index (χ0) is 21.4. The second kappa shape index (κ2) is 8.24. The number of methoxy groups -OCH3 is 2. The average Bonchev–Trinajstić information content (AvgIpc) is 2.74. The molecule has 160 valence electrons. The Bertz CT molecular complexity index is 992. The lowest BCUT2D eigenvalue weighted by atomic mass is 9.83. The van der Waals surface area contributed by atoms with Crippen LogP contribution in [0, 0.1) is 0 Å². The minimum absolute atomic E-state index is 0.0550. The Morgan fingerprint density at radius 3 is 2.67 bits per heavy atom. The van der Waals surface area contributed by atoms with Crippen molar-refractivity contribution < 1.29 is 28.8 Å². The second-order valence-corrected chi connectivity index (χ2v) is 7.70. The highest BCUT2D eigenvalue weighted by Gasteiger charge is 2.36. The fourth-order valence-corrected chi connectivity index (χ4v) is 4.63. The predicted molar refractivity (Wildman–Crippen MR) is 111 cm³/mol. The van der Waals surface area contributed by atoms with Crippen molar-refractivity contribution in [1.82, 2.24) is 4.90 Å². The molecule has 4 rings (SSSR count). The number of rotatable bonds is 4. The molecule has 30 heavy (non-hydrogen) atoms. The maximum atomic E-state index is 12.0. The molecule has 1 N–H and O–H groups in total. The molecular formula is C22H24ClNO6. The van der Waals surface area contributed by atoms with Crippen LogP contribution in [-0.2, 0) is 24.1 Å². The summed E-state index contributed by atoms with van der Waals surface area (Å²) in [6.07, 6.45) is 0.670. The lowest BCUT2D eigenvalue weighted by Gasteiger charge is -2.42. The summed E-state index contributed by atoms with van der Waals surface area (Å²) in [5, 5.41) is 10.9. The van der Waals surface area contributed by atoms with Crippen molar-refractivity contribution >= 4 is 17.8 Å². The van der Waals surface area contributed by atoms with Crippen LogP contribution in [0.15, 0.2) is 18.2 Å². The van der Waals surface area contributed by atoms with E-state index in [2.05, 4.69) is 4.90 Å². The van der Waals surface area contributed by atoms with Crippen LogP contribution in [0.25, 0.3) is 0 Å². The van der Waals surface area contributed by atoms with Crippen LogP contribution in [0.4, 0.5) is 4.79 Å². The van der Waals surface area contributed by atoms with E-state index in [-0.39, 0.29) is 18.4 Å². The molecule has 0 aliphatic carbocycles. The van der Waals surface area contributed by atoms with Gasteiger partial charge in [0.25, 0.3) is 0 Å². The summed E-state index contributed by atoms with van der Waals surface area (Å²) in [4.78, 5) is 14.3. The van der Waals surface area contributed by atoms with E-state index < -0.39 is 6.16 Å². The monoisotopic (exact) mass is 433 g/mol. The number of carbonyl (C=O) groups is 1. The molecule has 2 aromatic carbocycles. The summed E-state index contributed by atoms with van der Waals surface area (Å²) < 4.78 is 21.1. The summed E-state index contributed by atoms with van der Waals surface area (Å²) in [6, 6.07) is 5.41. The first kappa shape index (κ1) is 20.6. The third-order valence-corrected chi connectivity index (χ3v) is 6.08. The molecule has 0 fully saturated rings. The van der Waals surface area contributed by atoms with Crippen LogP contribution in [0.2, 0.25) is 5.02 Å². The first-order valence-corrected chi connectivity index (χ1v) is 10.2. The van der Waals surface area contributed by atoms with Gasteiger partial charge in [0.1, 0.15) is 0 Å². The molecule has 0 spiro atoms. The normalized spacial score (nSPS) is 17.4. The average molecular weight is 434 g/mol. The summed E-state index contributed by atoms with van der Waals surface area (Å²) >= 11 is 6.59. The second-order valence-electron chi connectivity index (χ2n) is 7.30. The first-order chi connectivity index (χ1) is 14.5. The Labute approximate surface area is 180 Å². The summed E-state index contributed by atoms with van der Waals surface area (Å²) in [6.45, 7) is 3.29. The molecule has 7 nitrogen and oxygen atoms in total. The van der Waals surface area contributed by atoms with Crippen molar-refractivity contribution in [2.75, 3.05) is 27.4 Å². The van der Waals surface area contributed by atoms with Gasteiger partial charge in [0, 0.05) is 35.8 Å². The number of hydrogen-bond donors (Lipinski definition) is 1. The molecule has 8 heteroatoms. The van der Waals surface area contributed by atoms with Crippen LogP contribution < -0.4 is 14.2 Å². The molecule has 0 radical (unpaired) electrons. The van der Waals surface area contributed by atoms with Gasteiger partial charge in [-0.2, -0.15) is 0 Å². The van der Waals surface area contributed by atoms with E-state index in [4.69, 9.17) is 30.5 Å². The number of halogens is 1. The van der Waals surface area contributed by atoms with E-state index in [0.29, 0.717) is 35.2 Å². The fourth-order valence-electron chi connectivity index (χ4n) is 4.34. The van der Waals surface area contributed by atoms with Gasteiger partial charge in [-0.15, -0.1) is 0 Å². The highest BCUT2D eigenvalue weighted by Crippen LogP contribution is 2.48. The molecule has 0 saturated carbocycles. The number of aromatic hydroxyl groups is 1. The third kappa shape index (κ3) is 3.52. The maximum absolute atomic E-state index is 12.0. The number of benzene rings is 2. The molecule has 0 amide bonds. The quantitative estimate of drug-likeness (QED) is 0.570. The van der Waals surface area contributed by atoms with Crippen molar-refractivity contribution in [2.24, 2.45) is 0 Å². The number of hydrogen-bond acceptors (Lipinski definition) is 7. The molecule has 2 aliphatic rings. The van der Waals surface area contributed by atoms with E-state index in [1.54, 1.807) is 26.2 Å². The highest BCUT2D eigenvalue weighted by molar-refractivity contribution is 6.31. The lowest BCUT2D eigenvalue weighted by molar-refractivity contribution is 0.100. The van der Waals surface area contributed by atoms with E-state index in [0.717, 1.165) is 35.2 Å². The van der Waals surface area contributed by atoms with Crippen molar-refractivity contribution in [3.63, 3.8) is 0 Å². The van der Waals surface area contributed by atoms with Crippen molar-refractivity contribution in [3.8, 4) is 23.0 Å². The molecule has 2 heterocycles. The first-order valence-electron chi connectivity index (χ1n) is 9.83. The van der Waals surface area contributed by atoms with Crippen LogP contribution in [0.1, 0.15) is 35.2 Å². The van der Waals surface area contributed by atoms with Gasteiger partial charge in [-0.05, 0) is 48.6 Å². The maximum Gasteiger partial charge on any atom is 0.513 e. The number of ether oxygens (including phenoxy) is 4. The van der Waals surface area contributed by atoms with Gasteiger partial charge in [0.2, 0.25) is 0 Å². The topological polar surface area (TPSA) is 77.5 Å².